The molecular formula is C18H23NO9. The van der Waals surface area contributed by atoms with Gasteiger partial charge in [0, 0.05) is 13.8 Å². The highest BCUT2D eigenvalue weighted by Gasteiger charge is 2.50. The molecule has 0 bridgehead atoms. The molecule has 1 aromatic carbocycles. The smallest absolute Gasteiger partial charge is 0.407 e. The number of aliphatic hydroxyl groups excluding tert-OH is 2. The van der Waals surface area contributed by atoms with E-state index in [1.165, 1.54) is 0 Å². The Bertz CT molecular complexity index is 681. The van der Waals surface area contributed by atoms with Gasteiger partial charge in [0.1, 0.15) is 18.8 Å². The Hall–Kier alpha value is -2.69. The minimum Gasteiger partial charge on any atom is -0.456 e. The molecule has 0 saturated carbocycles. The Morgan fingerprint density at radius 1 is 1.07 bits per heavy atom. The quantitative estimate of drug-likeness (QED) is 0.441. The van der Waals surface area contributed by atoms with Gasteiger partial charge in [-0.05, 0) is 5.56 Å². The summed E-state index contributed by atoms with van der Waals surface area (Å²) in [5, 5.41) is 22.0. The molecule has 1 aromatic rings. The number of ether oxygens (including phenoxy) is 4. The summed E-state index contributed by atoms with van der Waals surface area (Å²) in [4.78, 5) is 35.0. The predicted molar refractivity (Wildman–Crippen MR) is 92.6 cm³/mol. The van der Waals surface area contributed by atoms with Gasteiger partial charge in [0.05, 0.1) is 6.61 Å². The highest BCUT2D eigenvalue weighted by Crippen LogP contribution is 2.25. The maximum absolute atomic E-state index is 12.1. The minimum atomic E-state index is -1.64. The molecular weight excluding hydrogens is 374 g/mol. The Balaban J connectivity index is 2.12. The number of aliphatic hydroxyl groups is 2. The van der Waals surface area contributed by atoms with Crippen LogP contribution in [0.1, 0.15) is 19.4 Å². The first-order chi connectivity index (χ1) is 13.3. The zero-order chi connectivity index (χ0) is 20.7. The van der Waals surface area contributed by atoms with Crippen molar-refractivity contribution in [3.63, 3.8) is 0 Å². The fraction of sp³-hybridized carbons (Fsp3) is 0.500. The van der Waals surface area contributed by atoms with Crippen molar-refractivity contribution >= 4 is 18.0 Å². The van der Waals surface area contributed by atoms with Crippen LogP contribution in [0.5, 0.6) is 0 Å². The number of hydrogen-bond acceptors (Lipinski definition) is 9. The first-order valence-corrected chi connectivity index (χ1v) is 8.58. The average molecular weight is 397 g/mol. The largest absolute Gasteiger partial charge is 0.456 e. The average Bonchev–Trinajstić information content (AvgIpc) is 2.65. The second-order valence-electron chi connectivity index (χ2n) is 6.13. The van der Waals surface area contributed by atoms with E-state index in [9.17, 15) is 24.6 Å². The number of esters is 2. The molecule has 0 radical (unpaired) electrons. The third kappa shape index (κ3) is 5.91. The van der Waals surface area contributed by atoms with Crippen molar-refractivity contribution in [1.29, 1.82) is 0 Å². The van der Waals surface area contributed by atoms with E-state index in [1.54, 1.807) is 24.3 Å². The zero-order valence-corrected chi connectivity index (χ0v) is 15.4. The Kier molecular flexibility index (Phi) is 7.73. The lowest BCUT2D eigenvalue weighted by atomic mass is 9.96. The number of benzene rings is 1. The Labute approximate surface area is 161 Å². The van der Waals surface area contributed by atoms with E-state index in [0.717, 1.165) is 19.4 Å². The van der Waals surface area contributed by atoms with Gasteiger partial charge in [0.25, 0.3) is 0 Å². The van der Waals surface area contributed by atoms with Crippen LogP contribution in [0.4, 0.5) is 4.79 Å². The van der Waals surface area contributed by atoms with Crippen LogP contribution in [0, 0.1) is 0 Å². The number of nitrogens with one attached hydrogen (secondary N) is 1. The second kappa shape index (κ2) is 10.0. The highest BCUT2D eigenvalue weighted by atomic mass is 16.7. The number of amides is 1. The highest BCUT2D eigenvalue weighted by molar-refractivity contribution is 5.69. The molecule has 0 aliphatic carbocycles. The van der Waals surface area contributed by atoms with Crippen molar-refractivity contribution in [2.24, 2.45) is 0 Å². The van der Waals surface area contributed by atoms with Crippen LogP contribution in [0.2, 0.25) is 0 Å². The molecule has 5 atom stereocenters. The van der Waals surface area contributed by atoms with E-state index in [-0.39, 0.29) is 6.61 Å². The lowest BCUT2D eigenvalue weighted by molar-refractivity contribution is -0.262. The van der Waals surface area contributed by atoms with Crippen LogP contribution in [0.15, 0.2) is 30.3 Å². The van der Waals surface area contributed by atoms with E-state index >= 15 is 0 Å². The van der Waals surface area contributed by atoms with Gasteiger partial charge < -0.3 is 34.5 Å². The van der Waals surface area contributed by atoms with Crippen LogP contribution in [0.3, 0.4) is 0 Å². The molecule has 0 unspecified atom stereocenters. The number of carbonyl (C=O) groups is 3. The summed E-state index contributed by atoms with van der Waals surface area (Å²) in [6.45, 7) is 1.60. The maximum atomic E-state index is 12.1. The Morgan fingerprint density at radius 2 is 1.68 bits per heavy atom. The standard InChI is InChI=1S/C18H23NO9/c1-10(21)26-15-13(8-20)28-17(23)14(16(15)27-11(2)22)19-18(24)25-9-12-6-4-3-5-7-12/h3-7,13-17,20,23H,8-9H2,1-2H3,(H,19,24)/t13-,14-,15-,16-,17-/m1/s1. The first-order valence-electron chi connectivity index (χ1n) is 8.58. The van der Waals surface area contributed by atoms with E-state index in [1.807, 2.05) is 6.07 Å². The fourth-order valence-corrected chi connectivity index (χ4v) is 2.79. The van der Waals surface area contributed by atoms with Crippen LogP contribution in [-0.2, 0) is 35.1 Å². The monoisotopic (exact) mass is 397 g/mol. The number of alkyl carbamates (subject to hydrolysis) is 1. The SMILES string of the molecule is CC(=O)O[C@@H]1[C@@H](NC(=O)OCc2ccccc2)[C@H](O)O[C@H](CO)[C@H]1OC(C)=O. The second-order valence-corrected chi connectivity index (χ2v) is 6.13. The summed E-state index contributed by atoms with van der Waals surface area (Å²) in [7, 11) is 0. The minimum absolute atomic E-state index is 0.0266. The lowest BCUT2D eigenvalue weighted by Gasteiger charge is -2.43. The van der Waals surface area contributed by atoms with Gasteiger partial charge in [-0.2, -0.15) is 0 Å². The van der Waals surface area contributed by atoms with Crippen molar-refractivity contribution in [3.05, 3.63) is 35.9 Å². The molecule has 1 aliphatic rings. The lowest BCUT2D eigenvalue weighted by Crippen LogP contribution is -2.66. The summed E-state index contributed by atoms with van der Waals surface area (Å²) in [5.74, 6) is -1.46. The molecule has 10 nitrogen and oxygen atoms in total. The molecule has 1 heterocycles. The molecule has 1 aliphatic heterocycles. The summed E-state index contributed by atoms with van der Waals surface area (Å²) in [6, 6.07) is 7.61. The molecule has 3 N–H and O–H groups in total. The van der Waals surface area contributed by atoms with Crippen LogP contribution in [0.25, 0.3) is 0 Å². The van der Waals surface area contributed by atoms with Crippen molar-refractivity contribution in [2.45, 2.75) is 51.1 Å². The van der Waals surface area contributed by atoms with Crippen molar-refractivity contribution in [2.75, 3.05) is 6.61 Å². The summed E-state index contributed by atoms with van der Waals surface area (Å²) in [6.07, 6.45) is -6.24. The molecule has 2 rings (SSSR count). The van der Waals surface area contributed by atoms with Gasteiger partial charge in [-0.1, -0.05) is 30.3 Å². The molecule has 28 heavy (non-hydrogen) atoms. The normalized spacial score (nSPS) is 26.8. The van der Waals surface area contributed by atoms with Gasteiger partial charge >= 0.3 is 18.0 Å². The van der Waals surface area contributed by atoms with Crippen molar-refractivity contribution in [1.82, 2.24) is 5.32 Å². The van der Waals surface area contributed by atoms with Gasteiger partial charge in [-0.3, -0.25) is 9.59 Å². The van der Waals surface area contributed by atoms with Crippen LogP contribution >= 0.6 is 0 Å². The number of rotatable bonds is 6. The van der Waals surface area contributed by atoms with E-state index in [0.29, 0.717) is 0 Å². The van der Waals surface area contributed by atoms with E-state index in [4.69, 9.17) is 18.9 Å². The third-order valence-corrected chi connectivity index (χ3v) is 3.95. The van der Waals surface area contributed by atoms with Crippen molar-refractivity contribution in [3.8, 4) is 0 Å². The summed E-state index contributed by atoms with van der Waals surface area (Å²) in [5.41, 5.74) is 0.743. The van der Waals surface area contributed by atoms with Crippen LogP contribution < -0.4 is 5.32 Å². The van der Waals surface area contributed by atoms with E-state index < -0.39 is 55.3 Å². The van der Waals surface area contributed by atoms with E-state index in [2.05, 4.69) is 5.32 Å². The number of hydrogen-bond donors (Lipinski definition) is 3. The van der Waals surface area contributed by atoms with Gasteiger partial charge in [0.15, 0.2) is 18.5 Å². The molecule has 1 fully saturated rings. The van der Waals surface area contributed by atoms with Gasteiger partial charge in [-0.15, -0.1) is 0 Å². The predicted octanol–water partition coefficient (Wildman–Crippen LogP) is -0.146. The van der Waals surface area contributed by atoms with Crippen molar-refractivity contribution < 1.29 is 43.5 Å². The number of carbonyl (C=O) groups excluding carboxylic acids is 3. The first kappa shape index (κ1) is 21.6. The van der Waals surface area contributed by atoms with Gasteiger partial charge in [0.2, 0.25) is 0 Å². The molecule has 0 aromatic heterocycles. The topological polar surface area (TPSA) is 141 Å². The fourth-order valence-electron chi connectivity index (χ4n) is 2.79. The molecule has 0 spiro atoms. The Morgan fingerprint density at radius 3 is 2.25 bits per heavy atom. The third-order valence-electron chi connectivity index (χ3n) is 3.95. The molecule has 154 valence electrons. The molecule has 1 amide bonds. The molecule has 10 heteroatoms. The van der Waals surface area contributed by atoms with Crippen LogP contribution in [-0.4, -0.2) is 65.5 Å². The zero-order valence-electron chi connectivity index (χ0n) is 15.4. The maximum Gasteiger partial charge on any atom is 0.407 e. The van der Waals surface area contributed by atoms with Gasteiger partial charge in [-0.25, -0.2) is 4.79 Å². The molecule has 1 saturated heterocycles. The summed E-state index contributed by atoms with van der Waals surface area (Å²) >= 11 is 0. The summed E-state index contributed by atoms with van der Waals surface area (Å²) < 4.78 is 20.5.